The van der Waals surface area contributed by atoms with E-state index in [4.69, 9.17) is 20.8 Å². The van der Waals surface area contributed by atoms with Crippen LogP contribution in [0.1, 0.15) is 31.6 Å². The van der Waals surface area contributed by atoms with Crippen LogP contribution in [0, 0.1) is 0 Å². The van der Waals surface area contributed by atoms with Crippen LogP contribution < -0.4 is 5.32 Å². The average Bonchev–Trinajstić information content (AvgIpc) is 2.98. The normalized spacial score (nSPS) is 25.0. The maximum atomic E-state index is 6.16. The Labute approximate surface area is 117 Å². The van der Waals surface area contributed by atoms with Gasteiger partial charge in [0.2, 0.25) is 0 Å². The quantitative estimate of drug-likeness (QED) is 0.925. The maximum absolute atomic E-state index is 6.16. The van der Waals surface area contributed by atoms with Gasteiger partial charge in [-0.05, 0) is 38.9 Å². The molecule has 102 valence electrons. The molecule has 0 aliphatic carbocycles. The van der Waals surface area contributed by atoms with Crippen molar-refractivity contribution in [3.63, 3.8) is 0 Å². The Kier molecular flexibility index (Phi) is 3.52. The van der Waals surface area contributed by atoms with Crippen molar-refractivity contribution in [1.82, 2.24) is 5.32 Å². The van der Waals surface area contributed by atoms with Crippen molar-refractivity contribution >= 4 is 22.6 Å². The summed E-state index contributed by atoms with van der Waals surface area (Å²) in [6.45, 7) is 2.11. The zero-order valence-electron chi connectivity index (χ0n) is 11.2. The molecule has 0 saturated carbocycles. The minimum atomic E-state index is 0.0772. The van der Waals surface area contributed by atoms with Crippen LogP contribution in [0.2, 0.25) is 5.02 Å². The second-order valence-electron chi connectivity index (χ2n) is 5.14. The number of nitrogens with one attached hydrogen (secondary N) is 1. The van der Waals surface area contributed by atoms with Gasteiger partial charge in [-0.25, -0.2) is 0 Å². The highest BCUT2D eigenvalue weighted by Crippen LogP contribution is 2.34. The predicted octanol–water partition coefficient (Wildman–Crippen LogP) is 3.91. The summed E-state index contributed by atoms with van der Waals surface area (Å²) in [5.74, 6) is 0.893. The smallest absolute Gasteiger partial charge is 0.152 e. The summed E-state index contributed by atoms with van der Waals surface area (Å²) in [5, 5.41) is 4.99. The topological polar surface area (TPSA) is 34.4 Å². The van der Waals surface area contributed by atoms with Crippen LogP contribution in [0.5, 0.6) is 0 Å². The largest absolute Gasteiger partial charge is 0.458 e. The van der Waals surface area contributed by atoms with Crippen molar-refractivity contribution in [3.8, 4) is 0 Å². The van der Waals surface area contributed by atoms with Crippen LogP contribution in [-0.2, 0) is 4.74 Å². The Hall–Kier alpha value is -1.03. The van der Waals surface area contributed by atoms with Crippen LogP contribution in [-0.4, -0.2) is 19.3 Å². The Morgan fingerprint density at radius 3 is 2.84 bits per heavy atom. The molecule has 1 aliphatic rings. The average molecular weight is 280 g/mol. The van der Waals surface area contributed by atoms with Crippen molar-refractivity contribution in [2.75, 3.05) is 7.05 Å². The van der Waals surface area contributed by atoms with E-state index in [1.54, 1.807) is 0 Å². The standard InChI is InChI=1S/C15H18ClNO2/c1-9-6-7-12(18-9)14(17-2)13-8-10-4-3-5-11(16)15(10)19-13/h3-5,8-9,12,14,17H,6-7H2,1-2H3. The number of hydrogen-bond acceptors (Lipinski definition) is 3. The van der Waals surface area contributed by atoms with Crippen LogP contribution in [0.15, 0.2) is 28.7 Å². The molecule has 0 radical (unpaired) electrons. The molecule has 1 aromatic heterocycles. The van der Waals surface area contributed by atoms with Gasteiger partial charge in [-0.3, -0.25) is 0 Å². The molecular weight excluding hydrogens is 262 g/mol. The summed E-state index contributed by atoms with van der Waals surface area (Å²) >= 11 is 6.16. The van der Waals surface area contributed by atoms with Gasteiger partial charge in [-0.2, -0.15) is 0 Å². The first-order valence-electron chi connectivity index (χ1n) is 6.69. The van der Waals surface area contributed by atoms with Gasteiger partial charge in [0.05, 0.1) is 23.3 Å². The van der Waals surface area contributed by atoms with E-state index < -0.39 is 0 Å². The number of rotatable bonds is 3. The monoisotopic (exact) mass is 279 g/mol. The summed E-state index contributed by atoms with van der Waals surface area (Å²) in [4.78, 5) is 0. The third-order valence-electron chi connectivity index (χ3n) is 3.77. The molecule has 3 rings (SSSR count). The molecule has 1 saturated heterocycles. The summed E-state index contributed by atoms with van der Waals surface area (Å²) in [5.41, 5.74) is 0.755. The van der Waals surface area contributed by atoms with Gasteiger partial charge in [0.1, 0.15) is 5.76 Å². The molecule has 0 bridgehead atoms. The summed E-state index contributed by atoms with van der Waals surface area (Å²) in [7, 11) is 1.94. The van der Waals surface area contributed by atoms with Gasteiger partial charge in [0.15, 0.2) is 5.58 Å². The third-order valence-corrected chi connectivity index (χ3v) is 4.07. The van der Waals surface area contributed by atoms with E-state index in [0.29, 0.717) is 11.1 Å². The minimum Gasteiger partial charge on any atom is -0.458 e. The highest BCUT2D eigenvalue weighted by Gasteiger charge is 2.31. The lowest BCUT2D eigenvalue weighted by molar-refractivity contribution is 0.0289. The fourth-order valence-corrected chi connectivity index (χ4v) is 3.01. The van der Waals surface area contributed by atoms with Gasteiger partial charge < -0.3 is 14.5 Å². The Morgan fingerprint density at radius 1 is 1.37 bits per heavy atom. The van der Waals surface area contributed by atoms with Gasteiger partial charge in [0.25, 0.3) is 0 Å². The molecule has 1 N–H and O–H groups in total. The molecule has 3 unspecified atom stereocenters. The molecule has 4 heteroatoms. The Balaban J connectivity index is 1.95. The van der Waals surface area contributed by atoms with Gasteiger partial charge in [0, 0.05) is 5.39 Å². The van der Waals surface area contributed by atoms with Gasteiger partial charge >= 0.3 is 0 Å². The lowest BCUT2D eigenvalue weighted by atomic mass is 10.0. The van der Waals surface area contributed by atoms with Crippen molar-refractivity contribution in [2.45, 2.75) is 38.0 Å². The molecule has 19 heavy (non-hydrogen) atoms. The molecule has 3 nitrogen and oxygen atoms in total. The lowest BCUT2D eigenvalue weighted by Gasteiger charge is -2.21. The molecule has 0 spiro atoms. The zero-order valence-corrected chi connectivity index (χ0v) is 11.9. The second kappa shape index (κ2) is 5.16. The number of likely N-dealkylation sites (N-methyl/N-ethyl adjacent to an activating group) is 1. The van der Waals surface area contributed by atoms with Crippen molar-refractivity contribution < 1.29 is 9.15 Å². The molecule has 2 aromatic rings. The van der Waals surface area contributed by atoms with E-state index in [-0.39, 0.29) is 12.1 Å². The highest BCUT2D eigenvalue weighted by molar-refractivity contribution is 6.34. The molecule has 0 amide bonds. The van der Waals surface area contributed by atoms with E-state index in [2.05, 4.69) is 18.3 Å². The first-order chi connectivity index (χ1) is 9.19. The number of para-hydroxylation sites is 1. The minimum absolute atomic E-state index is 0.0772. The lowest BCUT2D eigenvalue weighted by Crippen LogP contribution is -2.29. The van der Waals surface area contributed by atoms with E-state index >= 15 is 0 Å². The van der Waals surface area contributed by atoms with Crippen LogP contribution in [0.25, 0.3) is 11.0 Å². The summed E-state index contributed by atoms with van der Waals surface area (Å²) < 4.78 is 11.9. The summed E-state index contributed by atoms with van der Waals surface area (Å²) in [6.07, 6.45) is 2.65. The molecule has 1 aliphatic heterocycles. The highest BCUT2D eigenvalue weighted by atomic mass is 35.5. The number of hydrogen-bond donors (Lipinski definition) is 1. The Morgan fingerprint density at radius 2 is 2.21 bits per heavy atom. The predicted molar refractivity (Wildman–Crippen MR) is 76.6 cm³/mol. The van der Waals surface area contributed by atoms with Crippen molar-refractivity contribution in [2.24, 2.45) is 0 Å². The number of benzene rings is 1. The van der Waals surface area contributed by atoms with E-state index in [9.17, 15) is 0 Å². The third kappa shape index (κ3) is 2.38. The number of furan rings is 1. The van der Waals surface area contributed by atoms with E-state index in [0.717, 1.165) is 29.6 Å². The van der Waals surface area contributed by atoms with Gasteiger partial charge in [-0.1, -0.05) is 23.7 Å². The maximum Gasteiger partial charge on any atom is 0.152 e. The van der Waals surface area contributed by atoms with Crippen molar-refractivity contribution in [1.29, 1.82) is 0 Å². The first-order valence-corrected chi connectivity index (χ1v) is 7.07. The molecule has 1 fully saturated rings. The fraction of sp³-hybridized carbons (Fsp3) is 0.467. The fourth-order valence-electron chi connectivity index (χ4n) is 2.79. The SMILES string of the molecule is CNC(c1cc2cccc(Cl)c2o1)C1CCC(C)O1. The number of fused-ring (bicyclic) bond motifs is 1. The van der Waals surface area contributed by atoms with Crippen LogP contribution in [0.3, 0.4) is 0 Å². The summed E-state index contributed by atoms with van der Waals surface area (Å²) in [6, 6.07) is 7.92. The van der Waals surface area contributed by atoms with Crippen molar-refractivity contribution in [3.05, 3.63) is 35.0 Å². The Bertz CT molecular complexity index is 581. The molecular formula is C15H18ClNO2. The second-order valence-corrected chi connectivity index (χ2v) is 5.54. The first kappa shape index (κ1) is 13.0. The molecule has 3 atom stereocenters. The molecule has 2 heterocycles. The number of halogens is 1. The molecule has 1 aromatic carbocycles. The van der Waals surface area contributed by atoms with Crippen LogP contribution in [0.4, 0.5) is 0 Å². The number of ether oxygens (including phenoxy) is 1. The van der Waals surface area contributed by atoms with E-state index in [1.165, 1.54) is 0 Å². The van der Waals surface area contributed by atoms with E-state index in [1.807, 2.05) is 25.2 Å². The van der Waals surface area contributed by atoms with Crippen LogP contribution >= 0.6 is 11.6 Å². The van der Waals surface area contributed by atoms with Gasteiger partial charge in [-0.15, -0.1) is 0 Å². The zero-order chi connectivity index (χ0) is 13.4.